The summed E-state index contributed by atoms with van der Waals surface area (Å²) in [6.07, 6.45) is 5.97. The molecule has 1 atom stereocenters. The van der Waals surface area contributed by atoms with Crippen molar-refractivity contribution < 1.29 is 14.5 Å². The van der Waals surface area contributed by atoms with Gasteiger partial charge in [0.1, 0.15) is 5.56 Å². The Balaban J connectivity index is 0.00000117. The van der Waals surface area contributed by atoms with Crippen LogP contribution in [0, 0.1) is 0 Å². The Morgan fingerprint density at radius 1 is 1.17 bits per heavy atom. The van der Waals surface area contributed by atoms with E-state index >= 15 is 0 Å². The molecule has 1 unspecified atom stereocenters. The van der Waals surface area contributed by atoms with Crippen LogP contribution in [0.2, 0.25) is 0 Å². The van der Waals surface area contributed by atoms with Crippen molar-refractivity contribution in [3.05, 3.63) is 66.1 Å². The molecule has 7 nitrogen and oxygen atoms in total. The number of nitrogens with zero attached hydrogens (tertiary/aromatic N) is 4. The molecule has 1 fully saturated rings. The fourth-order valence-corrected chi connectivity index (χ4v) is 3.45. The van der Waals surface area contributed by atoms with Gasteiger partial charge in [0.25, 0.3) is 5.91 Å². The zero-order valence-corrected chi connectivity index (χ0v) is 16.9. The molecule has 1 aliphatic rings. The lowest BCUT2D eigenvalue weighted by Gasteiger charge is -2.16. The number of benzene rings is 1. The van der Waals surface area contributed by atoms with E-state index in [0.717, 1.165) is 17.0 Å². The van der Waals surface area contributed by atoms with Gasteiger partial charge in [-0.25, -0.2) is 0 Å². The lowest BCUT2D eigenvalue weighted by molar-refractivity contribution is 0.0791. The van der Waals surface area contributed by atoms with Crippen molar-refractivity contribution in [2.45, 2.75) is 26.2 Å². The van der Waals surface area contributed by atoms with E-state index in [0.29, 0.717) is 36.0 Å². The molecule has 29 heavy (non-hydrogen) atoms. The number of carbonyl (C=O) groups excluding carboxylic acids is 1. The highest BCUT2D eigenvalue weighted by atomic mass is 16.5. The molecule has 1 aromatic carbocycles. The van der Waals surface area contributed by atoms with Crippen LogP contribution in [0.25, 0.3) is 11.3 Å². The number of hydrogen-bond donors (Lipinski definition) is 1. The van der Waals surface area contributed by atoms with Gasteiger partial charge in [-0.05, 0) is 48.4 Å². The number of pyridine rings is 1. The van der Waals surface area contributed by atoms with Gasteiger partial charge in [-0.3, -0.25) is 20.0 Å². The van der Waals surface area contributed by atoms with Gasteiger partial charge in [0.15, 0.2) is 5.76 Å². The van der Waals surface area contributed by atoms with Crippen LogP contribution in [0.5, 0.6) is 0 Å². The maximum atomic E-state index is 13.0. The van der Waals surface area contributed by atoms with E-state index in [-0.39, 0.29) is 5.91 Å². The fourth-order valence-electron chi connectivity index (χ4n) is 3.45. The quantitative estimate of drug-likeness (QED) is 0.667. The van der Waals surface area contributed by atoms with E-state index in [9.17, 15) is 10.0 Å². The molecule has 0 aliphatic carbocycles. The Morgan fingerprint density at radius 3 is 2.52 bits per heavy atom. The molecule has 2 aromatic heterocycles. The predicted octanol–water partition coefficient (Wildman–Crippen LogP) is 4.22. The van der Waals surface area contributed by atoms with Crippen molar-refractivity contribution in [3.63, 3.8) is 0 Å². The number of rotatable bonds is 4. The van der Waals surface area contributed by atoms with Crippen LogP contribution in [-0.2, 0) is 0 Å². The Labute approximate surface area is 170 Å². The zero-order valence-electron chi connectivity index (χ0n) is 16.9. The van der Waals surface area contributed by atoms with Crippen LogP contribution < -0.4 is 5.06 Å². The van der Waals surface area contributed by atoms with Crippen molar-refractivity contribution in [1.82, 2.24) is 15.0 Å². The van der Waals surface area contributed by atoms with Gasteiger partial charge in [-0.15, -0.1) is 0 Å². The Bertz CT molecular complexity index is 923. The Morgan fingerprint density at radius 2 is 1.86 bits per heavy atom. The van der Waals surface area contributed by atoms with Crippen molar-refractivity contribution in [1.29, 1.82) is 0 Å². The van der Waals surface area contributed by atoms with Gasteiger partial charge in [0.2, 0.25) is 0 Å². The molecule has 3 aromatic rings. The highest BCUT2D eigenvalue weighted by Crippen LogP contribution is 2.31. The normalized spacial score (nSPS) is 15.6. The molecular weight excluding hydrogens is 368 g/mol. The average molecular weight is 394 g/mol. The fraction of sp³-hybridized carbons (Fsp3) is 0.318. The Kier molecular flexibility index (Phi) is 6.61. The molecular formula is C22H26N4O3. The number of amides is 1. The molecule has 152 valence electrons. The first-order chi connectivity index (χ1) is 14.1. The lowest BCUT2D eigenvalue weighted by atomic mass is 10.00. The largest absolute Gasteiger partial charge is 0.355 e. The van der Waals surface area contributed by atoms with Gasteiger partial charge in [0.05, 0.1) is 11.9 Å². The molecule has 0 radical (unpaired) electrons. The summed E-state index contributed by atoms with van der Waals surface area (Å²) in [6, 6.07) is 11.1. The topological polar surface area (TPSA) is 82.7 Å². The highest BCUT2D eigenvalue weighted by molar-refractivity contribution is 5.99. The summed E-state index contributed by atoms with van der Waals surface area (Å²) in [4.78, 5) is 18.9. The third-order valence-electron chi connectivity index (χ3n) is 4.96. The first kappa shape index (κ1) is 20.5. The minimum absolute atomic E-state index is 0.0776. The summed E-state index contributed by atoms with van der Waals surface area (Å²) in [5.74, 6) is 0.685. The maximum Gasteiger partial charge on any atom is 0.259 e. The van der Waals surface area contributed by atoms with Gasteiger partial charge in [-0.2, -0.15) is 0 Å². The van der Waals surface area contributed by atoms with Crippen LogP contribution >= 0.6 is 0 Å². The third kappa shape index (κ3) is 4.46. The average Bonchev–Trinajstić information content (AvgIpc) is 3.45. The van der Waals surface area contributed by atoms with Crippen LogP contribution in [-0.4, -0.2) is 46.3 Å². The molecule has 0 saturated carbocycles. The van der Waals surface area contributed by atoms with E-state index in [1.165, 1.54) is 11.8 Å². The number of likely N-dealkylation sites (tertiary alicyclic amines) is 1. The lowest BCUT2D eigenvalue weighted by Crippen LogP contribution is -2.28. The van der Waals surface area contributed by atoms with Crippen molar-refractivity contribution in [2.75, 3.05) is 25.2 Å². The van der Waals surface area contributed by atoms with Gasteiger partial charge < -0.3 is 9.42 Å². The molecule has 0 bridgehead atoms. The minimum atomic E-state index is -0.0776. The third-order valence-corrected chi connectivity index (χ3v) is 4.96. The summed E-state index contributed by atoms with van der Waals surface area (Å²) in [5, 5.41) is 14.3. The van der Waals surface area contributed by atoms with Crippen molar-refractivity contribution >= 4 is 11.6 Å². The summed E-state index contributed by atoms with van der Waals surface area (Å²) in [7, 11) is 1.55. The van der Waals surface area contributed by atoms with Gasteiger partial charge >= 0.3 is 0 Å². The Hall–Kier alpha value is -3.19. The monoisotopic (exact) mass is 394 g/mol. The summed E-state index contributed by atoms with van der Waals surface area (Å²) >= 11 is 0. The van der Waals surface area contributed by atoms with Gasteiger partial charge in [-0.1, -0.05) is 19.0 Å². The maximum absolute atomic E-state index is 13.0. The standard InChI is InChI=1S/C20H20N4O3.C2H6/c1-23(26)17-4-2-15(3-5-17)19-18(12-22-27-19)20(25)24-11-8-16(13-24)14-6-9-21-10-7-14;1-2/h2-7,9-10,12,16,26H,8,11,13H2,1H3;1-2H3. The second-order valence-corrected chi connectivity index (χ2v) is 6.66. The minimum Gasteiger partial charge on any atom is -0.355 e. The molecule has 0 spiro atoms. The van der Waals surface area contributed by atoms with Gasteiger partial charge in [0, 0.05) is 44.0 Å². The summed E-state index contributed by atoms with van der Waals surface area (Å²) < 4.78 is 5.36. The molecule has 1 aliphatic heterocycles. The molecule has 4 rings (SSSR count). The van der Waals surface area contributed by atoms with E-state index in [4.69, 9.17) is 4.52 Å². The first-order valence-corrected chi connectivity index (χ1v) is 9.80. The number of carbonyl (C=O) groups is 1. The smallest absolute Gasteiger partial charge is 0.259 e. The second kappa shape index (κ2) is 9.34. The predicted molar refractivity (Wildman–Crippen MR) is 111 cm³/mol. The van der Waals surface area contributed by atoms with E-state index in [2.05, 4.69) is 10.1 Å². The van der Waals surface area contributed by atoms with E-state index < -0.39 is 0 Å². The number of aromatic nitrogens is 2. The summed E-state index contributed by atoms with van der Waals surface area (Å²) in [6.45, 7) is 5.37. The van der Waals surface area contributed by atoms with Crippen LogP contribution in [0.1, 0.15) is 42.1 Å². The highest BCUT2D eigenvalue weighted by Gasteiger charge is 2.30. The van der Waals surface area contributed by atoms with Crippen LogP contribution in [0.15, 0.2) is 59.5 Å². The molecule has 3 heterocycles. The van der Waals surface area contributed by atoms with Crippen molar-refractivity contribution in [3.8, 4) is 11.3 Å². The molecule has 7 heteroatoms. The van der Waals surface area contributed by atoms with Crippen LogP contribution in [0.3, 0.4) is 0 Å². The molecule has 1 amide bonds. The van der Waals surface area contributed by atoms with E-state index in [1.54, 1.807) is 43.7 Å². The SMILES string of the molecule is CC.CN(O)c1ccc(-c2oncc2C(=O)N2CCC(c3ccncc3)C2)cc1. The zero-order chi connectivity index (χ0) is 20.8. The van der Waals surface area contributed by atoms with Crippen LogP contribution in [0.4, 0.5) is 5.69 Å². The molecule has 1 N–H and O–H groups in total. The van der Waals surface area contributed by atoms with E-state index in [1.807, 2.05) is 30.9 Å². The summed E-state index contributed by atoms with van der Waals surface area (Å²) in [5.41, 5.74) is 3.04. The first-order valence-electron chi connectivity index (χ1n) is 9.80. The number of anilines is 1. The second-order valence-electron chi connectivity index (χ2n) is 6.66. The molecule has 1 saturated heterocycles. The van der Waals surface area contributed by atoms with Crippen molar-refractivity contribution in [2.24, 2.45) is 0 Å². The number of hydrogen-bond acceptors (Lipinski definition) is 6. The number of hydroxylamine groups is 1.